The van der Waals surface area contributed by atoms with Gasteiger partial charge < -0.3 is 0 Å². The summed E-state index contributed by atoms with van der Waals surface area (Å²) in [5.74, 6) is 0.997. The number of nitrogens with one attached hydrogen (secondary N) is 1. The molecule has 0 spiro atoms. The van der Waals surface area contributed by atoms with Crippen LogP contribution in [0.3, 0.4) is 0 Å². The molecule has 0 aliphatic rings. The van der Waals surface area contributed by atoms with Crippen LogP contribution in [0.1, 0.15) is 54.5 Å². The molecule has 1 N–H and O–H groups in total. The highest BCUT2D eigenvalue weighted by atomic mass is 16.1. The number of H-pyrrole nitrogens is 1. The van der Waals surface area contributed by atoms with Gasteiger partial charge >= 0.3 is 0 Å². The van der Waals surface area contributed by atoms with Gasteiger partial charge in [0, 0.05) is 24.1 Å². The highest BCUT2D eigenvalue weighted by Gasteiger charge is 2.18. The lowest BCUT2D eigenvalue weighted by molar-refractivity contribution is 0.111. The summed E-state index contributed by atoms with van der Waals surface area (Å²) in [6, 6.07) is 16.5. The van der Waals surface area contributed by atoms with Crippen LogP contribution in [-0.2, 0) is 19.4 Å². The van der Waals surface area contributed by atoms with E-state index in [1.807, 2.05) is 22.9 Å². The molecule has 7 nitrogen and oxygen atoms in total. The van der Waals surface area contributed by atoms with Gasteiger partial charge in [-0.05, 0) is 34.2 Å². The van der Waals surface area contributed by atoms with Gasteiger partial charge in [-0.2, -0.15) is 10.3 Å². The molecule has 0 radical (unpaired) electrons. The number of hydrogen-bond acceptors (Lipinski definition) is 5. The largest absolute Gasteiger partial charge is 0.296 e. The predicted molar refractivity (Wildman–Crippen MR) is 124 cm³/mol. The zero-order chi connectivity index (χ0) is 22.5. The number of hydrogen-bond donors (Lipinski definition) is 1. The third-order valence-electron chi connectivity index (χ3n) is 5.47. The minimum Gasteiger partial charge on any atom is -0.296 e. The Kier molecular flexibility index (Phi) is 6.54. The van der Waals surface area contributed by atoms with Crippen molar-refractivity contribution in [3.8, 4) is 22.5 Å². The predicted octanol–water partition coefficient (Wildman–Crippen LogP) is 4.74. The number of tetrazole rings is 1. The van der Waals surface area contributed by atoms with Gasteiger partial charge in [0.1, 0.15) is 5.69 Å². The summed E-state index contributed by atoms with van der Waals surface area (Å²) in [6.45, 7) is 7.17. The monoisotopic (exact) mass is 428 g/mol. The average molecular weight is 429 g/mol. The van der Waals surface area contributed by atoms with Crippen molar-refractivity contribution in [1.82, 2.24) is 30.4 Å². The Balaban J connectivity index is 1.64. The Morgan fingerprint density at radius 2 is 1.81 bits per heavy atom. The SMILES string of the molecule is CCCc1nn(CC(C)C)c(C=O)c1Cc1ccc(-c2ccccc2-c2nn[nH]n2)cc1. The maximum atomic E-state index is 11.9. The number of aromatic nitrogens is 6. The Morgan fingerprint density at radius 3 is 2.44 bits per heavy atom. The van der Waals surface area contributed by atoms with Crippen LogP contribution in [0.2, 0.25) is 0 Å². The van der Waals surface area contributed by atoms with Crippen molar-refractivity contribution in [2.45, 2.75) is 46.6 Å². The highest BCUT2D eigenvalue weighted by Crippen LogP contribution is 2.30. The Hall–Kier alpha value is -3.61. The lowest BCUT2D eigenvalue weighted by Crippen LogP contribution is -2.10. The molecule has 164 valence electrons. The highest BCUT2D eigenvalue weighted by molar-refractivity contribution is 5.80. The lowest BCUT2D eigenvalue weighted by Gasteiger charge is -2.09. The van der Waals surface area contributed by atoms with Crippen molar-refractivity contribution < 1.29 is 4.79 Å². The molecule has 0 unspecified atom stereocenters. The van der Waals surface area contributed by atoms with Gasteiger partial charge in [0.2, 0.25) is 5.82 Å². The first-order valence-electron chi connectivity index (χ1n) is 11.1. The number of aldehydes is 1. The molecule has 0 aliphatic heterocycles. The summed E-state index contributed by atoms with van der Waals surface area (Å²) in [6.07, 6.45) is 3.51. The molecule has 7 heteroatoms. The van der Waals surface area contributed by atoms with Crippen LogP contribution in [0.15, 0.2) is 48.5 Å². The number of rotatable bonds is 9. The van der Waals surface area contributed by atoms with E-state index in [1.54, 1.807) is 0 Å². The van der Waals surface area contributed by atoms with Gasteiger partial charge in [0.25, 0.3) is 0 Å². The van der Waals surface area contributed by atoms with E-state index in [2.05, 4.69) is 71.7 Å². The van der Waals surface area contributed by atoms with Crippen LogP contribution in [-0.4, -0.2) is 36.7 Å². The molecule has 32 heavy (non-hydrogen) atoms. The van der Waals surface area contributed by atoms with E-state index in [-0.39, 0.29) is 0 Å². The second-order valence-corrected chi connectivity index (χ2v) is 8.41. The van der Waals surface area contributed by atoms with Crippen molar-refractivity contribution >= 4 is 6.29 Å². The normalized spacial score (nSPS) is 11.2. The molecule has 4 aromatic rings. The van der Waals surface area contributed by atoms with Gasteiger partial charge in [-0.1, -0.05) is 75.7 Å². The summed E-state index contributed by atoms with van der Waals surface area (Å²) >= 11 is 0. The van der Waals surface area contributed by atoms with E-state index in [4.69, 9.17) is 5.10 Å². The molecule has 4 rings (SSSR count). The molecule has 0 amide bonds. The molecular weight excluding hydrogens is 400 g/mol. The van der Waals surface area contributed by atoms with E-state index in [0.29, 0.717) is 23.9 Å². The first kappa shape index (κ1) is 21.6. The molecule has 2 heterocycles. The van der Waals surface area contributed by atoms with Crippen LogP contribution in [0.4, 0.5) is 0 Å². The van der Waals surface area contributed by atoms with Gasteiger partial charge in [0.05, 0.1) is 5.69 Å². The van der Waals surface area contributed by atoms with Crippen LogP contribution >= 0.6 is 0 Å². The minimum atomic E-state index is 0.425. The number of nitrogens with zero attached hydrogens (tertiary/aromatic N) is 5. The van der Waals surface area contributed by atoms with Crippen LogP contribution in [0, 0.1) is 5.92 Å². The van der Waals surface area contributed by atoms with E-state index in [9.17, 15) is 4.79 Å². The topological polar surface area (TPSA) is 89.4 Å². The van der Waals surface area contributed by atoms with Crippen molar-refractivity contribution in [3.63, 3.8) is 0 Å². The molecule has 0 saturated heterocycles. The molecule has 0 bridgehead atoms. The third kappa shape index (κ3) is 4.51. The number of carbonyl (C=O) groups excluding carboxylic acids is 1. The van der Waals surface area contributed by atoms with Crippen LogP contribution < -0.4 is 0 Å². The van der Waals surface area contributed by atoms with E-state index in [0.717, 1.165) is 59.2 Å². The molecule has 2 aromatic heterocycles. The smallest absolute Gasteiger partial charge is 0.205 e. The van der Waals surface area contributed by atoms with Gasteiger partial charge in [-0.25, -0.2) is 0 Å². The number of aromatic amines is 1. The fourth-order valence-electron chi connectivity index (χ4n) is 4.02. The van der Waals surface area contributed by atoms with Crippen LogP contribution in [0.5, 0.6) is 0 Å². The van der Waals surface area contributed by atoms with E-state index in [1.165, 1.54) is 0 Å². The summed E-state index contributed by atoms with van der Waals surface area (Å²) in [5.41, 5.74) is 6.98. The minimum absolute atomic E-state index is 0.425. The van der Waals surface area contributed by atoms with Gasteiger partial charge in [-0.3, -0.25) is 9.48 Å². The van der Waals surface area contributed by atoms with Crippen molar-refractivity contribution in [1.29, 1.82) is 0 Å². The number of aryl methyl sites for hydroxylation is 1. The maximum Gasteiger partial charge on any atom is 0.205 e. The van der Waals surface area contributed by atoms with Gasteiger partial charge in [-0.15, -0.1) is 10.2 Å². The number of carbonyl (C=O) groups is 1. The maximum absolute atomic E-state index is 11.9. The standard InChI is InChI=1S/C25H28N6O/c1-4-7-23-22(24(16-32)31(28-23)15-17(2)3)14-18-10-12-19(13-11-18)20-8-5-6-9-21(20)25-26-29-30-27-25/h5-6,8-13,16-17H,4,7,14-15H2,1-3H3,(H,26,27,29,30). The van der Waals surface area contributed by atoms with Crippen molar-refractivity contribution in [3.05, 3.63) is 71.0 Å². The zero-order valence-corrected chi connectivity index (χ0v) is 18.7. The summed E-state index contributed by atoms with van der Waals surface area (Å²) in [7, 11) is 0. The summed E-state index contributed by atoms with van der Waals surface area (Å²) < 4.78 is 1.88. The quantitative estimate of drug-likeness (QED) is 0.389. The van der Waals surface area contributed by atoms with Crippen molar-refractivity contribution in [2.75, 3.05) is 0 Å². The van der Waals surface area contributed by atoms with E-state index >= 15 is 0 Å². The first-order valence-corrected chi connectivity index (χ1v) is 11.1. The Labute approximate surface area is 187 Å². The fraction of sp³-hybridized carbons (Fsp3) is 0.320. The first-order chi connectivity index (χ1) is 15.6. The molecule has 0 aliphatic carbocycles. The Morgan fingerprint density at radius 1 is 1.06 bits per heavy atom. The zero-order valence-electron chi connectivity index (χ0n) is 18.7. The summed E-state index contributed by atoms with van der Waals surface area (Å²) in [4.78, 5) is 11.9. The Bertz CT molecular complexity index is 1180. The summed E-state index contributed by atoms with van der Waals surface area (Å²) in [5, 5.41) is 19.2. The lowest BCUT2D eigenvalue weighted by atomic mass is 9.96. The average Bonchev–Trinajstić information content (AvgIpc) is 3.43. The molecular formula is C25H28N6O. The van der Waals surface area contributed by atoms with Crippen molar-refractivity contribution in [2.24, 2.45) is 5.92 Å². The third-order valence-corrected chi connectivity index (χ3v) is 5.47. The van der Waals surface area contributed by atoms with Gasteiger partial charge in [0.15, 0.2) is 6.29 Å². The van der Waals surface area contributed by atoms with E-state index < -0.39 is 0 Å². The van der Waals surface area contributed by atoms with Crippen LogP contribution in [0.25, 0.3) is 22.5 Å². The fourth-order valence-corrected chi connectivity index (χ4v) is 4.02. The molecule has 0 saturated carbocycles. The second kappa shape index (κ2) is 9.68. The second-order valence-electron chi connectivity index (χ2n) is 8.41. The molecule has 2 aromatic carbocycles. The number of benzene rings is 2. The molecule has 0 fully saturated rings. The molecule has 0 atom stereocenters.